The van der Waals surface area contributed by atoms with Gasteiger partial charge in [0.15, 0.2) is 0 Å². The lowest BCUT2D eigenvalue weighted by atomic mass is 10.0. The molecular formula is C55H69FN12O10. The molecule has 6 rings (SSSR count). The number of unbranched alkanes of at least 4 members (excludes halogenated alkanes) is 2. The first kappa shape index (κ1) is 58.8. The first-order chi connectivity index (χ1) is 37.3. The van der Waals surface area contributed by atoms with Gasteiger partial charge < -0.3 is 52.6 Å². The van der Waals surface area contributed by atoms with Gasteiger partial charge in [0.25, 0.3) is 17.7 Å². The van der Waals surface area contributed by atoms with Gasteiger partial charge in [-0.2, -0.15) is 0 Å². The van der Waals surface area contributed by atoms with Crippen LogP contribution in [0, 0.1) is 11.7 Å². The number of urea groups is 1. The van der Waals surface area contributed by atoms with Gasteiger partial charge in [0.2, 0.25) is 23.6 Å². The number of rotatable bonds is 25. The molecule has 0 bridgehead atoms. The van der Waals surface area contributed by atoms with Crippen molar-refractivity contribution in [3.8, 4) is 0 Å². The van der Waals surface area contributed by atoms with Crippen molar-refractivity contribution in [2.75, 3.05) is 43.4 Å². The molecule has 4 heterocycles. The van der Waals surface area contributed by atoms with Gasteiger partial charge >= 0.3 is 12.1 Å². The number of amidine groups is 1. The summed E-state index contributed by atoms with van der Waals surface area (Å²) in [5, 5.41) is 13.4. The molecule has 0 spiro atoms. The Bertz CT molecular complexity index is 2830. The van der Waals surface area contributed by atoms with Crippen molar-refractivity contribution in [2.45, 2.75) is 117 Å². The van der Waals surface area contributed by atoms with E-state index in [0.717, 1.165) is 29.4 Å². The van der Waals surface area contributed by atoms with Crippen LogP contribution in [0.3, 0.4) is 0 Å². The number of anilines is 2. The number of benzene rings is 2. The molecule has 1 aromatic heterocycles. The molecule has 23 heteroatoms. The fourth-order valence-electron chi connectivity index (χ4n) is 8.99. The molecule has 2 aromatic carbocycles. The molecule has 0 saturated heterocycles. The van der Waals surface area contributed by atoms with E-state index >= 15 is 4.39 Å². The van der Waals surface area contributed by atoms with Gasteiger partial charge in [0, 0.05) is 87.3 Å². The summed E-state index contributed by atoms with van der Waals surface area (Å²) in [6.07, 6.45) is 9.10. The zero-order chi connectivity index (χ0) is 56.5. The summed E-state index contributed by atoms with van der Waals surface area (Å²) in [4.78, 5) is 128. The van der Waals surface area contributed by atoms with Gasteiger partial charge in [-0.15, -0.1) is 0 Å². The molecule has 9 N–H and O–H groups in total. The lowest BCUT2D eigenvalue weighted by Crippen LogP contribution is -2.54. The van der Waals surface area contributed by atoms with Crippen LogP contribution >= 0.6 is 0 Å². The second-order valence-corrected chi connectivity index (χ2v) is 19.6. The average molecular weight is 1080 g/mol. The van der Waals surface area contributed by atoms with Crippen molar-refractivity contribution in [2.24, 2.45) is 22.4 Å². The monoisotopic (exact) mass is 1080 g/mol. The number of carbonyl (C=O) groups excluding carboxylic acids is 9. The van der Waals surface area contributed by atoms with E-state index in [0.29, 0.717) is 73.3 Å². The zero-order valence-corrected chi connectivity index (χ0v) is 44.5. The smallest absolute Gasteiger partial charge is 0.410 e. The van der Waals surface area contributed by atoms with E-state index in [4.69, 9.17) is 16.2 Å². The van der Waals surface area contributed by atoms with Crippen LogP contribution in [0.1, 0.15) is 118 Å². The van der Waals surface area contributed by atoms with E-state index in [1.165, 1.54) is 23.1 Å². The number of hydrogen-bond acceptors (Lipinski definition) is 13. The van der Waals surface area contributed by atoms with Crippen molar-refractivity contribution in [1.29, 1.82) is 0 Å². The molecule has 0 fully saturated rings. The largest absolute Gasteiger partial charge is 0.445 e. The van der Waals surface area contributed by atoms with E-state index in [1.54, 1.807) is 61.4 Å². The van der Waals surface area contributed by atoms with E-state index in [2.05, 4.69) is 36.6 Å². The molecule has 78 heavy (non-hydrogen) atoms. The topological polar surface area (TPSA) is 310 Å². The number of amides is 10. The summed E-state index contributed by atoms with van der Waals surface area (Å²) in [5.74, 6) is -4.15. The lowest BCUT2D eigenvalue weighted by molar-refractivity contribution is -0.137. The van der Waals surface area contributed by atoms with Crippen molar-refractivity contribution >= 4 is 82.6 Å². The Morgan fingerprint density at radius 1 is 0.872 bits per heavy atom. The highest BCUT2D eigenvalue weighted by atomic mass is 19.1. The van der Waals surface area contributed by atoms with Gasteiger partial charge in [-0.3, -0.25) is 38.5 Å². The third-order valence-electron chi connectivity index (χ3n) is 13.1. The third kappa shape index (κ3) is 16.5. The van der Waals surface area contributed by atoms with Gasteiger partial charge in [-0.1, -0.05) is 46.2 Å². The average Bonchev–Trinajstić information content (AvgIpc) is 3.63. The summed E-state index contributed by atoms with van der Waals surface area (Å²) < 4.78 is 21.3. The molecule has 0 aliphatic carbocycles. The molecule has 3 aliphatic rings. The Morgan fingerprint density at radius 3 is 2.27 bits per heavy atom. The summed E-state index contributed by atoms with van der Waals surface area (Å²) in [7, 11) is 0. The maximum absolute atomic E-state index is 15.6. The number of ether oxygens (including phenoxy) is 1. The highest BCUT2D eigenvalue weighted by Gasteiger charge is 2.30. The number of nitrogens with one attached hydrogen (secondary N) is 5. The fraction of sp³-hybridized carbons (Fsp3) is 0.436. The Labute approximate surface area is 452 Å². The Hall–Kier alpha value is -8.50. The molecule has 22 nitrogen and oxygen atoms in total. The number of carbonyl (C=O) groups is 9. The van der Waals surface area contributed by atoms with Crippen molar-refractivity contribution in [1.82, 2.24) is 35.6 Å². The Morgan fingerprint density at radius 2 is 1.59 bits per heavy atom. The van der Waals surface area contributed by atoms with E-state index in [9.17, 15) is 43.2 Å². The van der Waals surface area contributed by atoms with Crippen LogP contribution in [0.15, 0.2) is 71.4 Å². The minimum Gasteiger partial charge on any atom is -0.445 e. The molecule has 10 amide bonds. The standard InChI is InChI=1S/C55H69FN12O10/c1-5-21-66(22-6-2)53(75)37-25-36-26-41(56)40(29-43(36)62-44(57)27-37)50(72)64-45-28-38-31-67(24-19-35(38)30-60-45)55(77)78-32-34-13-15-39(16-14-34)61-51(73)42(11-10-20-59-54(58)76)63-52(74)49(33(3)4)65-46(69)12-8-7-9-23-68-47(70)17-18-48(68)71/h13-18,25-26,28-30,33,42,49H,5-12,19-24,27,31-32H2,1-4H3,(H2,57,62)(H,61,73)(H,63,74)(H,65,69)(H3,58,59,76)(H,60,64,72)/t42?,49-/m0/s1. The molecule has 0 radical (unpaired) electrons. The lowest BCUT2D eigenvalue weighted by Gasteiger charge is -2.28. The predicted molar refractivity (Wildman–Crippen MR) is 289 cm³/mol. The molecule has 0 saturated carbocycles. The zero-order valence-electron chi connectivity index (χ0n) is 44.5. The minimum absolute atomic E-state index is 0.0695. The SMILES string of the molecule is CCCN(CCC)C(=O)C1=Cc2cc(F)c(C(=O)Nc3cc4c(cn3)CCN(C(=O)OCc3ccc(NC(=O)C(CCCNC(N)=O)NC(=O)[C@@H](NC(=O)CCCCCN5C(=O)C=CC5=O)C(C)C)cc3)C4)cc2N=C(N)C1. The third-order valence-corrected chi connectivity index (χ3v) is 13.1. The van der Waals surface area contributed by atoms with Crippen molar-refractivity contribution < 1.29 is 52.3 Å². The van der Waals surface area contributed by atoms with Gasteiger partial charge in [-0.25, -0.2) is 24.0 Å². The molecule has 2 atom stereocenters. The molecule has 416 valence electrons. The number of hydrogen-bond donors (Lipinski definition) is 7. The predicted octanol–water partition coefficient (Wildman–Crippen LogP) is 5.09. The summed E-state index contributed by atoms with van der Waals surface area (Å²) >= 11 is 0. The number of pyridine rings is 1. The van der Waals surface area contributed by atoms with Crippen LogP contribution in [0.4, 0.5) is 31.2 Å². The van der Waals surface area contributed by atoms with Crippen LogP contribution in [0.2, 0.25) is 0 Å². The minimum atomic E-state index is -1.08. The first-order valence-corrected chi connectivity index (χ1v) is 26.3. The molecule has 3 aliphatic heterocycles. The number of nitrogens with zero attached hydrogens (tertiary/aromatic N) is 5. The van der Waals surface area contributed by atoms with Crippen molar-refractivity contribution in [3.05, 3.63) is 100 Å². The Balaban J connectivity index is 1.00. The fourth-order valence-corrected chi connectivity index (χ4v) is 8.99. The van der Waals surface area contributed by atoms with Crippen molar-refractivity contribution in [3.63, 3.8) is 0 Å². The summed E-state index contributed by atoms with van der Waals surface area (Å²) in [6.45, 7) is 9.34. The van der Waals surface area contributed by atoms with Gasteiger partial charge in [-0.05, 0) is 104 Å². The number of halogens is 1. The highest BCUT2D eigenvalue weighted by Crippen LogP contribution is 2.31. The quantitative estimate of drug-likeness (QED) is 0.0431. The molecule has 3 aromatic rings. The van der Waals surface area contributed by atoms with Crippen LogP contribution in [0.25, 0.3) is 6.08 Å². The van der Waals surface area contributed by atoms with Gasteiger partial charge in [0.1, 0.15) is 36.2 Å². The van der Waals surface area contributed by atoms with Crippen LogP contribution in [0.5, 0.6) is 0 Å². The second kappa shape index (κ2) is 28.0. The highest BCUT2D eigenvalue weighted by molar-refractivity contribution is 6.13. The Kier molecular flexibility index (Phi) is 21.1. The maximum Gasteiger partial charge on any atom is 0.410 e. The number of aromatic nitrogens is 1. The number of fused-ring (bicyclic) bond motifs is 2. The van der Waals surface area contributed by atoms with Crippen LogP contribution in [-0.4, -0.2) is 124 Å². The normalized spacial score (nSPS) is 14.5. The van der Waals surface area contributed by atoms with E-state index in [-0.39, 0.29) is 104 Å². The first-order valence-electron chi connectivity index (χ1n) is 26.3. The number of aliphatic imine (C=N–C) groups is 1. The number of nitrogens with two attached hydrogens (primary N) is 2. The molecule has 1 unspecified atom stereocenters. The second-order valence-electron chi connectivity index (χ2n) is 19.6. The number of imide groups is 1. The van der Waals surface area contributed by atoms with Gasteiger partial charge in [0.05, 0.1) is 11.3 Å². The van der Waals surface area contributed by atoms with E-state index < -0.39 is 47.7 Å². The number of primary amides is 1. The van der Waals surface area contributed by atoms with Crippen LogP contribution in [-0.2, 0) is 53.1 Å². The van der Waals surface area contributed by atoms with Crippen LogP contribution < -0.4 is 38.1 Å². The maximum atomic E-state index is 15.6. The van der Waals surface area contributed by atoms with E-state index in [1.807, 2.05) is 13.8 Å². The molecular weight excluding hydrogens is 1010 g/mol. The summed E-state index contributed by atoms with van der Waals surface area (Å²) in [6, 6.07) is 7.79. The summed E-state index contributed by atoms with van der Waals surface area (Å²) in [5.41, 5.74) is 14.6.